The number of nitrogens with one attached hydrogen (secondary N) is 1. The zero-order chi connectivity index (χ0) is 11.5. The van der Waals surface area contributed by atoms with Gasteiger partial charge < -0.3 is 10.4 Å². The van der Waals surface area contributed by atoms with E-state index < -0.39 is 0 Å². The highest BCUT2D eigenvalue weighted by Crippen LogP contribution is 2.11. The number of rotatable bonds is 4. The Morgan fingerprint density at radius 2 is 2.07 bits per heavy atom. The van der Waals surface area contributed by atoms with E-state index in [0.29, 0.717) is 12.1 Å². The molecule has 2 N–H and O–H groups in total. The summed E-state index contributed by atoms with van der Waals surface area (Å²) in [5, 5.41) is 12.1. The monoisotopic (exact) mass is 211 g/mol. The van der Waals surface area contributed by atoms with Crippen molar-refractivity contribution in [2.45, 2.75) is 32.9 Å². The summed E-state index contributed by atoms with van der Waals surface area (Å²) in [6.07, 6.45) is 0. The number of benzene rings is 1. The molecule has 0 aliphatic carbocycles. The molecule has 0 aromatic heterocycles. The van der Waals surface area contributed by atoms with Crippen LogP contribution in [0.4, 0.5) is 4.39 Å². The molecule has 0 radical (unpaired) electrons. The summed E-state index contributed by atoms with van der Waals surface area (Å²) in [4.78, 5) is 0. The predicted octanol–water partition coefficient (Wildman–Crippen LogP) is 1.99. The first kappa shape index (κ1) is 12.1. The fourth-order valence-electron chi connectivity index (χ4n) is 1.23. The topological polar surface area (TPSA) is 32.3 Å². The van der Waals surface area contributed by atoms with Gasteiger partial charge in [0.25, 0.3) is 0 Å². The lowest BCUT2D eigenvalue weighted by atomic mass is 10.1. The van der Waals surface area contributed by atoms with Gasteiger partial charge >= 0.3 is 0 Å². The zero-order valence-electron chi connectivity index (χ0n) is 9.47. The molecule has 2 nitrogen and oxygen atoms in total. The fourth-order valence-corrected chi connectivity index (χ4v) is 1.23. The number of hydrogen-bond donors (Lipinski definition) is 2. The van der Waals surface area contributed by atoms with Crippen LogP contribution in [0.5, 0.6) is 0 Å². The number of aliphatic hydroxyl groups excluding tert-OH is 1. The molecule has 1 aromatic carbocycles. The Balaban J connectivity index is 2.69. The van der Waals surface area contributed by atoms with Gasteiger partial charge in [0.1, 0.15) is 5.82 Å². The summed E-state index contributed by atoms with van der Waals surface area (Å²) >= 11 is 0. The van der Waals surface area contributed by atoms with Gasteiger partial charge in [0.2, 0.25) is 0 Å². The molecule has 0 saturated heterocycles. The van der Waals surface area contributed by atoms with Crippen molar-refractivity contribution in [2.24, 2.45) is 0 Å². The van der Waals surface area contributed by atoms with Gasteiger partial charge in [0, 0.05) is 17.6 Å². The summed E-state index contributed by atoms with van der Waals surface area (Å²) in [5.41, 5.74) is 1.29. The quantitative estimate of drug-likeness (QED) is 0.798. The molecule has 0 saturated carbocycles. The predicted molar refractivity (Wildman–Crippen MR) is 59.1 cm³/mol. The van der Waals surface area contributed by atoms with E-state index in [1.54, 1.807) is 6.07 Å². The lowest BCUT2D eigenvalue weighted by molar-refractivity contribution is 0.187. The molecule has 1 aromatic rings. The third kappa shape index (κ3) is 3.61. The van der Waals surface area contributed by atoms with Crippen molar-refractivity contribution < 1.29 is 9.50 Å². The van der Waals surface area contributed by atoms with Gasteiger partial charge in [-0.15, -0.1) is 0 Å². The van der Waals surface area contributed by atoms with E-state index in [4.69, 9.17) is 5.11 Å². The normalized spacial score (nSPS) is 11.8. The average molecular weight is 211 g/mol. The van der Waals surface area contributed by atoms with Crippen LogP contribution in [0.25, 0.3) is 0 Å². The Morgan fingerprint density at radius 1 is 1.40 bits per heavy atom. The van der Waals surface area contributed by atoms with Crippen LogP contribution in [0.3, 0.4) is 0 Å². The van der Waals surface area contributed by atoms with Crippen molar-refractivity contribution in [3.8, 4) is 0 Å². The third-order valence-corrected chi connectivity index (χ3v) is 2.35. The van der Waals surface area contributed by atoms with Crippen LogP contribution in [0.2, 0.25) is 0 Å². The highest BCUT2D eigenvalue weighted by molar-refractivity contribution is 5.24. The maximum absolute atomic E-state index is 13.3. The maximum Gasteiger partial charge on any atom is 0.127 e. The van der Waals surface area contributed by atoms with Crippen LogP contribution >= 0.6 is 0 Å². The Morgan fingerprint density at radius 3 is 2.67 bits per heavy atom. The SMILES string of the molecule is Cc1ccc(F)c(CNC(C)(C)CO)c1. The van der Waals surface area contributed by atoms with Crippen LogP contribution < -0.4 is 5.32 Å². The minimum atomic E-state index is -0.379. The van der Waals surface area contributed by atoms with Crippen molar-refractivity contribution in [2.75, 3.05) is 6.61 Å². The lowest BCUT2D eigenvalue weighted by Crippen LogP contribution is -2.42. The van der Waals surface area contributed by atoms with Gasteiger partial charge in [-0.2, -0.15) is 0 Å². The van der Waals surface area contributed by atoms with E-state index >= 15 is 0 Å². The molecule has 15 heavy (non-hydrogen) atoms. The van der Waals surface area contributed by atoms with Gasteiger partial charge in [0.15, 0.2) is 0 Å². The molecule has 84 valence electrons. The van der Waals surface area contributed by atoms with Crippen molar-refractivity contribution in [1.29, 1.82) is 0 Å². The number of halogens is 1. The van der Waals surface area contributed by atoms with Gasteiger partial charge in [-0.1, -0.05) is 17.7 Å². The molecular weight excluding hydrogens is 193 g/mol. The van der Waals surface area contributed by atoms with Gasteiger partial charge in [-0.3, -0.25) is 0 Å². The van der Waals surface area contributed by atoms with Crippen LogP contribution in [0.15, 0.2) is 18.2 Å². The zero-order valence-corrected chi connectivity index (χ0v) is 9.47. The molecular formula is C12H18FNO. The van der Waals surface area contributed by atoms with E-state index in [1.165, 1.54) is 6.07 Å². The highest BCUT2D eigenvalue weighted by atomic mass is 19.1. The fraction of sp³-hybridized carbons (Fsp3) is 0.500. The van der Waals surface area contributed by atoms with Crippen molar-refractivity contribution >= 4 is 0 Å². The smallest absolute Gasteiger partial charge is 0.127 e. The summed E-state index contributed by atoms with van der Waals surface area (Å²) in [6, 6.07) is 5.03. The van der Waals surface area contributed by atoms with E-state index in [9.17, 15) is 4.39 Å². The van der Waals surface area contributed by atoms with E-state index in [-0.39, 0.29) is 18.0 Å². The van der Waals surface area contributed by atoms with Crippen molar-refractivity contribution in [3.05, 3.63) is 35.1 Å². The highest BCUT2D eigenvalue weighted by Gasteiger charge is 2.15. The average Bonchev–Trinajstić information content (AvgIpc) is 2.20. The van der Waals surface area contributed by atoms with Crippen LogP contribution in [-0.2, 0) is 6.54 Å². The second-order valence-electron chi connectivity index (χ2n) is 4.49. The number of aryl methyl sites for hydroxylation is 1. The Bertz CT molecular complexity index is 336. The summed E-state index contributed by atoms with van der Waals surface area (Å²) in [7, 11) is 0. The molecule has 0 amide bonds. The maximum atomic E-state index is 13.3. The Kier molecular flexibility index (Phi) is 3.83. The summed E-state index contributed by atoms with van der Waals surface area (Å²) < 4.78 is 13.3. The standard InChI is InChI=1S/C12H18FNO/c1-9-4-5-11(13)10(6-9)7-14-12(2,3)8-15/h4-6,14-15H,7-8H2,1-3H3. The molecule has 0 heterocycles. The minimum absolute atomic E-state index is 0.0282. The molecule has 0 spiro atoms. The van der Waals surface area contributed by atoms with Crippen LogP contribution in [0.1, 0.15) is 25.0 Å². The second-order valence-corrected chi connectivity index (χ2v) is 4.49. The number of hydrogen-bond acceptors (Lipinski definition) is 2. The first-order valence-electron chi connectivity index (χ1n) is 5.05. The third-order valence-electron chi connectivity index (χ3n) is 2.35. The van der Waals surface area contributed by atoms with Gasteiger partial charge in [-0.25, -0.2) is 4.39 Å². The molecule has 0 bridgehead atoms. The molecule has 0 atom stereocenters. The Hall–Kier alpha value is -0.930. The van der Waals surface area contributed by atoms with Crippen LogP contribution in [0, 0.1) is 12.7 Å². The largest absolute Gasteiger partial charge is 0.394 e. The van der Waals surface area contributed by atoms with E-state index in [1.807, 2.05) is 26.8 Å². The summed E-state index contributed by atoms with van der Waals surface area (Å²) in [6.45, 7) is 6.14. The van der Waals surface area contributed by atoms with Gasteiger partial charge in [0.05, 0.1) is 6.61 Å². The first-order chi connectivity index (χ1) is 6.94. The first-order valence-corrected chi connectivity index (χ1v) is 5.05. The number of aliphatic hydroxyl groups is 1. The van der Waals surface area contributed by atoms with E-state index in [0.717, 1.165) is 5.56 Å². The van der Waals surface area contributed by atoms with Crippen molar-refractivity contribution in [3.63, 3.8) is 0 Å². The minimum Gasteiger partial charge on any atom is -0.394 e. The molecule has 0 unspecified atom stereocenters. The molecule has 0 aliphatic rings. The molecule has 0 fully saturated rings. The Labute approximate surface area is 90.1 Å². The molecule has 0 aliphatic heterocycles. The van der Waals surface area contributed by atoms with Crippen LogP contribution in [-0.4, -0.2) is 17.3 Å². The van der Waals surface area contributed by atoms with Gasteiger partial charge in [-0.05, 0) is 26.8 Å². The molecule has 1 rings (SSSR count). The second kappa shape index (κ2) is 4.73. The van der Waals surface area contributed by atoms with Crippen molar-refractivity contribution in [1.82, 2.24) is 5.32 Å². The van der Waals surface area contributed by atoms with E-state index in [2.05, 4.69) is 5.32 Å². The lowest BCUT2D eigenvalue weighted by Gasteiger charge is -2.23. The molecule has 3 heteroatoms. The summed E-state index contributed by atoms with van der Waals surface area (Å²) in [5.74, 6) is -0.207.